The quantitative estimate of drug-likeness (QED) is 0.254. The minimum absolute atomic E-state index is 0.708. The van der Waals surface area contributed by atoms with E-state index in [1.165, 1.54) is 17.6 Å². The van der Waals surface area contributed by atoms with Gasteiger partial charge in [0.25, 0.3) is 0 Å². The number of benzene rings is 1. The first-order chi connectivity index (χ1) is 11.4. The molecule has 114 valence electrons. The van der Waals surface area contributed by atoms with Crippen molar-refractivity contribution < 1.29 is 5.21 Å². The Bertz CT molecular complexity index is 887. The molecular formula is C17H14N4OS. The molecule has 0 aliphatic carbocycles. The van der Waals surface area contributed by atoms with Gasteiger partial charge in [0.05, 0.1) is 16.6 Å². The van der Waals surface area contributed by atoms with Crippen LogP contribution in [0, 0.1) is 11.8 Å². The highest BCUT2D eigenvalue weighted by molar-refractivity contribution is 7.13. The van der Waals surface area contributed by atoms with Gasteiger partial charge in [-0.1, -0.05) is 29.3 Å². The SMILES string of the molecule is O/N=C\c1cnc(C#CCCNc2ccnc3ccccc23)s1. The maximum absolute atomic E-state index is 8.46. The number of pyridine rings is 1. The predicted molar refractivity (Wildman–Crippen MR) is 93.2 cm³/mol. The Balaban J connectivity index is 1.58. The number of aromatic nitrogens is 2. The average Bonchev–Trinajstić information content (AvgIpc) is 3.02. The van der Waals surface area contributed by atoms with Crippen LogP contribution in [0.5, 0.6) is 0 Å². The summed E-state index contributed by atoms with van der Waals surface area (Å²) in [5.41, 5.74) is 2.04. The van der Waals surface area contributed by atoms with Crippen molar-refractivity contribution >= 4 is 34.1 Å². The molecule has 2 heterocycles. The predicted octanol–water partition coefficient (Wildman–Crippen LogP) is 3.35. The number of fused-ring (bicyclic) bond motifs is 1. The zero-order chi connectivity index (χ0) is 15.9. The van der Waals surface area contributed by atoms with Crippen LogP contribution in [-0.2, 0) is 0 Å². The van der Waals surface area contributed by atoms with Crippen LogP contribution in [0.25, 0.3) is 10.9 Å². The summed E-state index contributed by atoms with van der Waals surface area (Å²) in [6, 6.07) is 10.0. The van der Waals surface area contributed by atoms with E-state index in [-0.39, 0.29) is 0 Å². The molecule has 2 aromatic heterocycles. The highest BCUT2D eigenvalue weighted by Crippen LogP contribution is 2.20. The van der Waals surface area contributed by atoms with Crippen molar-refractivity contribution in [3.05, 3.63) is 52.6 Å². The maximum Gasteiger partial charge on any atom is 0.167 e. The molecule has 0 unspecified atom stereocenters. The molecule has 3 rings (SSSR count). The second-order valence-corrected chi connectivity index (χ2v) is 5.73. The minimum atomic E-state index is 0.708. The van der Waals surface area contributed by atoms with Gasteiger partial charge < -0.3 is 10.5 Å². The molecule has 0 aliphatic heterocycles. The second kappa shape index (κ2) is 7.38. The zero-order valence-electron chi connectivity index (χ0n) is 12.2. The topological polar surface area (TPSA) is 70.4 Å². The molecule has 2 N–H and O–H groups in total. The Hall–Kier alpha value is -2.91. The third-order valence-electron chi connectivity index (χ3n) is 3.12. The number of para-hydroxylation sites is 1. The van der Waals surface area contributed by atoms with Gasteiger partial charge in [-0.05, 0) is 18.1 Å². The molecule has 0 amide bonds. The average molecular weight is 322 g/mol. The van der Waals surface area contributed by atoms with E-state index in [4.69, 9.17) is 5.21 Å². The van der Waals surface area contributed by atoms with Gasteiger partial charge in [-0.15, -0.1) is 11.3 Å². The van der Waals surface area contributed by atoms with Crippen molar-refractivity contribution in [1.29, 1.82) is 0 Å². The summed E-state index contributed by atoms with van der Waals surface area (Å²) in [6.45, 7) is 0.747. The van der Waals surface area contributed by atoms with Gasteiger partial charge in [0.2, 0.25) is 0 Å². The van der Waals surface area contributed by atoms with Crippen molar-refractivity contribution in [2.45, 2.75) is 6.42 Å². The van der Waals surface area contributed by atoms with Crippen LogP contribution in [0.15, 0.2) is 47.9 Å². The fourth-order valence-corrected chi connectivity index (χ4v) is 2.77. The summed E-state index contributed by atoms with van der Waals surface area (Å²) in [7, 11) is 0. The van der Waals surface area contributed by atoms with Crippen LogP contribution >= 0.6 is 11.3 Å². The zero-order valence-corrected chi connectivity index (χ0v) is 13.0. The first kappa shape index (κ1) is 15.0. The highest BCUT2D eigenvalue weighted by atomic mass is 32.1. The van der Waals surface area contributed by atoms with E-state index in [0.717, 1.165) is 28.0 Å². The van der Waals surface area contributed by atoms with Crippen molar-refractivity contribution in [3.8, 4) is 11.8 Å². The summed E-state index contributed by atoms with van der Waals surface area (Å²) < 4.78 is 0. The summed E-state index contributed by atoms with van der Waals surface area (Å²) >= 11 is 1.39. The molecule has 3 aromatic rings. The third kappa shape index (κ3) is 3.84. The fourth-order valence-electron chi connectivity index (χ4n) is 2.11. The summed E-state index contributed by atoms with van der Waals surface area (Å²) in [5.74, 6) is 6.10. The molecular weight excluding hydrogens is 308 g/mol. The van der Waals surface area contributed by atoms with E-state index in [2.05, 4.69) is 38.3 Å². The number of anilines is 1. The Morgan fingerprint density at radius 2 is 2.17 bits per heavy atom. The molecule has 1 aromatic carbocycles. The molecule has 0 fully saturated rings. The van der Waals surface area contributed by atoms with Crippen molar-refractivity contribution in [3.63, 3.8) is 0 Å². The van der Waals surface area contributed by atoms with Crippen LogP contribution < -0.4 is 5.32 Å². The van der Waals surface area contributed by atoms with E-state index in [1.54, 1.807) is 12.4 Å². The monoisotopic (exact) mass is 322 g/mol. The number of rotatable bonds is 4. The highest BCUT2D eigenvalue weighted by Gasteiger charge is 1.99. The lowest BCUT2D eigenvalue weighted by Gasteiger charge is -2.07. The van der Waals surface area contributed by atoms with Gasteiger partial charge in [0.1, 0.15) is 0 Å². The van der Waals surface area contributed by atoms with Crippen molar-refractivity contribution in [1.82, 2.24) is 9.97 Å². The third-order valence-corrected chi connectivity index (χ3v) is 3.97. The second-order valence-electron chi connectivity index (χ2n) is 4.67. The molecule has 6 heteroatoms. The van der Waals surface area contributed by atoms with Crippen LogP contribution in [0.4, 0.5) is 5.69 Å². The lowest BCUT2D eigenvalue weighted by Crippen LogP contribution is -2.01. The Morgan fingerprint density at radius 3 is 3.09 bits per heavy atom. The molecule has 0 radical (unpaired) electrons. The van der Waals surface area contributed by atoms with Gasteiger partial charge in [-0.25, -0.2) is 4.98 Å². The van der Waals surface area contributed by atoms with Crippen molar-refractivity contribution in [2.75, 3.05) is 11.9 Å². The number of nitrogens with one attached hydrogen (secondary N) is 1. The summed E-state index contributed by atoms with van der Waals surface area (Å²) in [5, 5.41) is 16.6. The molecule has 0 bridgehead atoms. The standard InChI is InChI=1S/C17H14N4OS/c22-21-12-13-11-20-17(23-13)7-3-4-9-18-16-8-10-19-15-6-2-1-5-14(15)16/h1-2,5-6,8,10-12,22H,4,9H2,(H,18,19)/b21-12-. The largest absolute Gasteiger partial charge is 0.411 e. The summed E-state index contributed by atoms with van der Waals surface area (Å²) in [6.07, 6.45) is 5.49. The van der Waals surface area contributed by atoms with Gasteiger partial charge >= 0.3 is 0 Å². The molecule has 0 saturated heterocycles. The van der Waals surface area contributed by atoms with Gasteiger partial charge in [0.15, 0.2) is 5.01 Å². The Morgan fingerprint density at radius 1 is 1.26 bits per heavy atom. The fraction of sp³-hybridized carbons (Fsp3) is 0.118. The number of nitrogens with zero attached hydrogens (tertiary/aromatic N) is 3. The number of hydrogen-bond acceptors (Lipinski definition) is 6. The van der Waals surface area contributed by atoms with E-state index in [9.17, 15) is 0 Å². The molecule has 0 saturated carbocycles. The smallest absolute Gasteiger partial charge is 0.167 e. The van der Waals surface area contributed by atoms with E-state index >= 15 is 0 Å². The molecule has 0 aliphatic rings. The molecule has 5 nitrogen and oxygen atoms in total. The van der Waals surface area contributed by atoms with Crippen LogP contribution in [-0.4, -0.2) is 27.9 Å². The van der Waals surface area contributed by atoms with Gasteiger partial charge in [-0.2, -0.15) is 0 Å². The first-order valence-corrected chi connectivity index (χ1v) is 7.88. The van der Waals surface area contributed by atoms with E-state index < -0.39 is 0 Å². The molecule has 23 heavy (non-hydrogen) atoms. The van der Waals surface area contributed by atoms with E-state index in [0.29, 0.717) is 11.4 Å². The first-order valence-electron chi connectivity index (χ1n) is 7.06. The van der Waals surface area contributed by atoms with Crippen LogP contribution in [0.2, 0.25) is 0 Å². The van der Waals surface area contributed by atoms with Crippen LogP contribution in [0.1, 0.15) is 16.3 Å². The van der Waals surface area contributed by atoms with Gasteiger partial charge in [-0.3, -0.25) is 4.98 Å². The Labute approximate surface area is 137 Å². The lowest BCUT2D eigenvalue weighted by atomic mass is 10.2. The van der Waals surface area contributed by atoms with Gasteiger partial charge in [0, 0.05) is 36.4 Å². The molecule has 0 spiro atoms. The summed E-state index contributed by atoms with van der Waals surface area (Å²) in [4.78, 5) is 9.26. The lowest BCUT2D eigenvalue weighted by molar-refractivity contribution is 0.322. The number of oxime groups is 1. The molecule has 0 atom stereocenters. The normalized spacial score (nSPS) is 10.6. The maximum atomic E-state index is 8.46. The number of thiazole rings is 1. The van der Waals surface area contributed by atoms with E-state index in [1.807, 2.05) is 24.3 Å². The number of hydrogen-bond donors (Lipinski definition) is 2. The Kier molecular flexibility index (Phi) is 4.82. The minimum Gasteiger partial charge on any atom is -0.411 e. The van der Waals surface area contributed by atoms with Crippen molar-refractivity contribution in [2.24, 2.45) is 5.16 Å². The van der Waals surface area contributed by atoms with Crippen LogP contribution in [0.3, 0.4) is 0 Å².